The molecule has 3 N–H and O–H groups in total. The quantitative estimate of drug-likeness (QED) is 0.847. The molecule has 1 amide bonds. The van der Waals surface area contributed by atoms with Crippen molar-refractivity contribution in [1.29, 1.82) is 0 Å². The second kappa shape index (κ2) is 5.94. The summed E-state index contributed by atoms with van der Waals surface area (Å²) in [6.45, 7) is 0.500. The molecule has 6 heteroatoms. The molecule has 4 nitrogen and oxygen atoms in total. The van der Waals surface area contributed by atoms with E-state index >= 15 is 0 Å². The van der Waals surface area contributed by atoms with E-state index in [4.69, 9.17) is 33.7 Å². The number of nitrogens with one attached hydrogen (secondary N) is 1. The highest BCUT2D eigenvalue weighted by Gasteiger charge is 2.09. The molecule has 1 aromatic rings. The van der Waals surface area contributed by atoms with Crippen molar-refractivity contribution in [3.63, 3.8) is 0 Å². The van der Waals surface area contributed by atoms with E-state index in [2.05, 4.69) is 5.32 Å². The Morgan fingerprint density at radius 2 is 2.19 bits per heavy atom. The van der Waals surface area contributed by atoms with Crippen molar-refractivity contribution < 1.29 is 9.53 Å². The fourth-order valence-electron chi connectivity index (χ4n) is 1.29. The first kappa shape index (κ1) is 13.1. The minimum Gasteiger partial charge on any atom is -0.495 e. The van der Waals surface area contributed by atoms with Gasteiger partial charge in [-0.05, 0) is 12.1 Å². The zero-order valence-electron chi connectivity index (χ0n) is 8.72. The molecule has 0 spiro atoms. The van der Waals surface area contributed by atoms with Crippen LogP contribution in [0.4, 0.5) is 0 Å². The first-order valence-electron chi connectivity index (χ1n) is 4.55. The van der Waals surface area contributed by atoms with Crippen molar-refractivity contribution >= 4 is 29.1 Å². The summed E-state index contributed by atoms with van der Waals surface area (Å²) in [5.74, 6) is 0.120. The van der Waals surface area contributed by atoms with Gasteiger partial charge >= 0.3 is 0 Å². The number of amides is 1. The molecule has 0 fully saturated rings. The first-order valence-corrected chi connectivity index (χ1v) is 5.31. The van der Waals surface area contributed by atoms with E-state index in [9.17, 15) is 4.79 Å². The van der Waals surface area contributed by atoms with E-state index in [0.29, 0.717) is 22.3 Å². The summed E-state index contributed by atoms with van der Waals surface area (Å²) in [6, 6.07) is 3.32. The monoisotopic (exact) mass is 262 g/mol. The summed E-state index contributed by atoms with van der Waals surface area (Å²) in [4.78, 5) is 10.6. The van der Waals surface area contributed by atoms with Gasteiger partial charge in [-0.1, -0.05) is 23.2 Å². The third kappa shape index (κ3) is 3.56. The lowest BCUT2D eigenvalue weighted by molar-refractivity contribution is -0.117. The van der Waals surface area contributed by atoms with E-state index in [-0.39, 0.29) is 6.54 Å². The number of carbonyl (C=O) groups excluding carboxylic acids is 1. The second-order valence-corrected chi connectivity index (χ2v) is 3.99. The number of nitrogens with two attached hydrogens (primary N) is 1. The van der Waals surface area contributed by atoms with Crippen LogP contribution in [0.2, 0.25) is 10.0 Å². The van der Waals surface area contributed by atoms with E-state index in [1.165, 1.54) is 7.11 Å². The molecule has 0 saturated carbocycles. The maximum Gasteiger partial charge on any atom is 0.231 e. The van der Waals surface area contributed by atoms with E-state index < -0.39 is 5.91 Å². The molecule has 0 unspecified atom stereocenters. The van der Waals surface area contributed by atoms with Crippen LogP contribution in [0.25, 0.3) is 0 Å². The van der Waals surface area contributed by atoms with Gasteiger partial charge in [-0.3, -0.25) is 4.79 Å². The zero-order chi connectivity index (χ0) is 12.1. The Kier molecular flexibility index (Phi) is 4.86. The molecule has 0 atom stereocenters. The van der Waals surface area contributed by atoms with Gasteiger partial charge in [-0.2, -0.15) is 0 Å². The van der Waals surface area contributed by atoms with Crippen molar-refractivity contribution in [3.8, 4) is 5.75 Å². The first-order chi connectivity index (χ1) is 7.54. The van der Waals surface area contributed by atoms with Gasteiger partial charge in [-0.15, -0.1) is 0 Å². The summed E-state index contributed by atoms with van der Waals surface area (Å²) in [6.07, 6.45) is 0. The lowest BCUT2D eigenvalue weighted by Gasteiger charge is -2.11. The average molecular weight is 263 g/mol. The number of rotatable bonds is 5. The summed E-state index contributed by atoms with van der Waals surface area (Å²) in [7, 11) is 1.52. The van der Waals surface area contributed by atoms with Crippen LogP contribution in [0.3, 0.4) is 0 Å². The molecule has 0 heterocycles. The fourth-order valence-corrected chi connectivity index (χ4v) is 1.91. The topological polar surface area (TPSA) is 64.3 Å². The number of carbonyl (C=O) groups is 1. The summed E-state index contributed by atoms with van der Waals surface area (Å²) in [5.41, 5.74) is 5.78. The summed E-state index contributed by atoms with van der Waals surface area (Å²) < 4.78 is 5.14. The van der Waals surface area contributed by atoms with Gasteiger partial charge in [0.25, 0.3) is 0 Å². The Hall–Kier alpha value is -0.970. The molecule has 0 aliphatic carbocycles. The Morgan fingerprint density at radius 3 is 2.75 bits per heavy atom. The number of hydrogen-bond donors (Lipinski definition) is 2. The molecule has 0 bridgehead atoms. The number of primary amides is 1. The SMILES string of the molecule is COc1c(Cl)cc(Cl)cc1CNCC(N)=O. The van der Waals surface area contributed by atoms with Crippen molar-refractivity contribution in [2.75, 3.05) is 13.7 Å². The highest BCUT2D eigenvalue weighted by molar-refractivity contribution is 6.35. The molecule has 0 aliphatic rings. The Bertz CT molecular complexity index is 397. The fraction of sp³-hybridized carbons (Fsp3) is 0.300. The van der Waals surface area contributed by atoms with Crippen LogP contribution < -0.4 is 15.8 Å². The number of methoxy groups -OCH3 is 1. The second-order valence-electron chi connectivity index (χ2n) is 3.15. The molecule has 1 aromatic carbocycles. The third-order valence-corrected chi connectivity index (χ3v) is 2.40. The standard InChI is InChI=1S/C10H12Cl2N2O2/c1-16-10-6(4-14-5-9(13)15)2-7(11)3-8(10)12/h2-3,14H,4-5H2,1H3,(H2,13,15). The van der Waals surface area contributed by atoms with Crippen molar-refractivity contribution in [3.05, 3.63) is 27.7 Å². The van der Waals surface area contributed by atoms with Gasteiger partial charge in [0.2, 0.25) is 5.91 Å². The smallest absolute Gasteiger partial charge is 0.231 e. The van der Waals surface area contributed by atoms with Crippen molar-refractivity contribution in [1.82, 2.24) is 5.32 Å². The van der Waals surface area contributed by atoms with Gasteiger partial charge < -0.3 is 15.8 Å². The molecule has 16 heavy (non-hydrogen) atoms. The maximum absolute atomic E-state index is 10.6. The predicted molar refractivity (Wildman–Crippen MR) is 63.9 cm³/mol. The number of benzene rings is 1. The molecule has 0 aliphatic heterocycles. The van der Waals surface area contributed by atoms with E-state index in [1.807, 2.05) is 0 Å². The van der Waals surface area contributed by atoms with Gasteiger partial charge in [0.15, 0.2) is 0 Å². The van der Waals surface area contributed by atoms with Crippen LogP contribution >= 0.6 is 23.2 Å². The number of ether oxygens (including phenoxy) is 1. The number of hydrogen-bond acceptors (Lipinski definition) is 3. The molecular weight excluding hydrogens is 251 g/mol. The third-order valence-electron chi connectivity index (χ3n) is 1.90. The minimum absolute atomic E-state index is 0.0906. The van der Waals surface area contributed by atoms with Gasteiger partial charge in [0.05, 0.1) is 18.7 Å². The lowest BCUT2D eigenvalue weighted by Crippen LogP contribution is -2.28. The van der Waals surface area contributed by atoms with Crippen molar-refractivity contribution in [2.45, 2.75) is 6.54 Å². The average Bonchev–Trinajstić information content (AvgIpc) is 2.16. The van der Waals surface area contributed by atoms with Crippen LogP contribution in [0.5, 0.6) is 5.75 Å². The lowest BCUT2D eigenvalue weighted by atomic mass is 10.2. The van der Waals surface area contributed by atoms with Gasteiger partial charge in [-0.25, -0.2) is 0 Å². The van der Waals surface area contributed by atoms with E-state index in [1.54, 1.807) is 12.1 Å². The van der Waals surface area contributed by atoms with Crippen LogP contribution in [-0.4, -0.2) is 19.6 Å². The Balaban J connectivity index is 2.81. The number of halogens is 2. The maximum atomic E-state index is 10.6. The zero-order valence-corrected chi connectivity index (χ0v) is 10.2. The molecule has 88 valence electrons. The highest BCUT2D eigenvalue weighted by atomic mass is 35.5. The Morgan fingerprint density at radius 1 is 1.50 bits per heavy atom. The van der Waals surface area contributed by atoms with Crippen LogP contribution in [0.15, 0.2) is 12.1 Å². The van der Waals surface area contributed by atoms with Gasteiger partial charge in [0, 0.05) is 17.1 Å². The highest BCUT2D eigenvalue weighted by Crippen LogP contribution is 2.31. The largest absolute Gasteiger partial charge is 0.495 e. The van der Waals surface area contributed by atoms with Gasteiger partial charge in [0.1, 0.15) is 5.75 Å². The van der Waals surface area contributed by atoms with E-state index in [0.717, 1.165) is 5.56 Å². The minimum atomic E-state index is -0.424. The van der Waals surface area contributed by atoms with Crippen LogP contribution in [0.1, 0.15) is 5.56 Å². The molecule has 0 aromatic heterocycles. The molecule has 0 saturated heterocycles. The summed E-state index contributed by atoms with van der Waals surface area (Å²) in [5, 5.41) is 3.81. The molecular formula is C10H12Cl2N2O2. The summed E-state index contributed by atoms with van der Waals surface area (Å²) >= 11 is 11.8. The Labute approximate surface area is 104 Å². The van der Waals surface area contributed by atoms with Crippen molar-refractivity contribution in [2.24, 2.45) is 5.73 Å². The predicted octanol–water partition coefficient (Wildman–Crippen LogP) is 1.58. The van der Waals surface area contributed by atoms with Crippen LogP contribution in [-0.2, 0) is 11.3 Å². The van der Waals surface area contributed by atoms with Crippen LogP contribution in [0, 0.1) is 0 Å². The molecule has 0 radical (unpaired) electrons. The molecule has 1 rings (SSSR count). The normalized spacial score (nSPS) is 10.2.